The average molecular weight is 484 g/mol. The van der Waals surface area contributed by atoms with Crippen molar-refractivity contribution in [3.05, 3.63) is 5.82 Å². The van der Waals surface area contributed by atoms with Crippen LogP contribution in [0, 0.1) is 12.3 Å². The van der Waals surface area contributed by atoms with Crippen LogP contribution >= 0.6 is 11.8 Å². The number of rotatable bonds is 7. The maximum Gasteiger partial charge on any atom is 0.331 e. The number of amides is 2. The molecule has 3 atom stereocenters. The number of β-lactam (4-membered cyclic amide) rings is 1. The van der Waals surface area contributed by atoms with Crippen molar-refractivity contribution in [2.75, 3.05) is 56.7 Å². The number of carboxylic acids is 1. The number of carboxylic acid groups (broad SMARTS) is 1. The summed E-state index contributed by atoms with van der Waals surface area (Å²) >= 11 is 1.22. The van der Waals surface area contributed by atoms with Gasteiger partial charge in [0.1, 0.15) is 23.4 Å². The van der Waals surface area contributed by atoms with Gasteiger partial charge >= 0.3 is 18.0 Å². The molecule has 0 saturated carbocycles. The molecule has 0 aliphatic carbocycles. The van der Waals surface area contributed by atoms with E-state index >= 15 is 0 Å². The van der Waals surface area contributed by atoms with Crippen LogP contribution < -0.4 is 4.90 Å². The monoisotopic (exact) mass is 483 g/mol. The number of aromatic nitrogens is 2. The minimum Gasteiger partial charge on any atom is -0.481 e. The van der Waals surface area contributed by atoms with Gasteiger partial charge in [-0.1, -0.05) is 5.16 Å². The van der Waals surface area contributed by atoms with E-state index in [1.54, 1.807) is 6.92 Å². The standard InChI is InChI=1S/C19H25N5O8S/c1-11-20-18(32-21-11)24(13(26)7-22-3-5-30-6-4-22)14-15(27)23-8-19(17(28)29,9-31-12(2)25)10-33-16(14)23/h14,16H,3-10H2,1-2H3,(H,28,29)/t14?,16-,19?/m1/s1. The second-order valence-electron chi connectivity index (χ2n) is 8.25. The quantitative estimate of drug-likeness (QED) is 0.372. The van der Waals surface area contributed by atoms with Gasteiger partial charge in [0.15, 0.2) is 5.82 Å². The third-order valence-electron chi connectivity index (χ3n) is 5.85. The summed E-state index contributed by atoms with van der Waals surface area (Å²) in [5, 5.41) is 13.1. The second-order valence-corrected chi connectivity index (χ2v) is 9.36. The van der Waals surface area contributed by atoms with Crippen LogP contribution in [0.1, 0.15) is 12.7 Å². The first kappa shape index (κ1) is 23.4. The lowest BCUT2D eigenvalue weighted by molar-refractivity contribution is -0.164. The molecule has 180 valence electrons. The van der Waals surface area contributed by atoms with Crippen molar-refractivity contribution >= 4 is 41.5 Å². The van der Waals surface area contributed by atoms with Crippen LogP contribution in [0.2, 0.25) is 0 Å². The summed E-state index contributed by atoms with van der Waals surface area (Å²) in [5.74, 6) is -2.11. The predicted octanol–water partition coefficient (Wildman–Crippen LogP) is -1.04. The van der Waals surface area contributed by atoms with Crippen LogP contribution in [0.3, 0.4) is 0 Å². The maximum absolute atomic E-state index is 13.3. The number of ether oxygens (including phenoxy) is 2. The van der Waals surface area contributed by atoms with E-state index in [1.807, 2.05) is 4.90 Å². The van der Waals surface area contributed by atoms with Gasteiger partial charge < -0.3 is 24.0 Å². The second kappa shape index (κ2) is 9.27. The van der Waals surface area contributed by atoms with Crippen molar-refractivity contribution in [3.63, 3.8) is 0 Å². The van der Waals surface area contributed by atoms with E-state index in [-0.39, 0.29) is 37.4 Å². The minimum absolute atomic E-state index is 0.0530. The molecule has 14 heteroatoms. The maximum atomic E-state index is 13.3. The lowest BCUT2D eigenvalue weighted by atomic mass is 9.87. The molecule has 3 aliphatic heterocycles. The summed E-state index contributed by atoms with van der Waals surface area (Å²) in [5.41, 5.74) is -1.42. The van der Waals surface area contributed by atoms with E-state index in [9.17, 15) is 24.3 Å². The first-order valence-electron chi connectivity index (χ1n) is 10.4. The molecule has 33 heavy (non-hydrogen) atoms. The molecule has 4 heterocycles. The summed E-state index contributed by atoms with van der Waals surface area (Å²) in [4.78, 5) is 58.4. The molecule has 0 bridgehead atoms. The number of anilines is 1. The molecule has 4 rings (SSSR count). The number of hydrogen-bond donors (Lipinski definition) is 1. The highest BCUT2D eigenvalue weighted by Gasteiger charge is 2.60. The Balaban J connectivity index is 1.53. The van der Waals surface area contributed by atoms with E-state index in [1.165, 1.54) is 28.5 Å². The Morgan fingerprint density at radius 2 is 2.06 bits per heavy atom. The number of carbonyl (C=O) groups is 4. The molecule has 2 unspecified atom stereocenters. The Kier molecular flexibility index (Phi) is 6.59. The molecule has 0 spiro atoms. The van der Waals surface area contributed by atoms with Gasteiger partial charge in [0, 0.05) is 32.3 Å². The molecule has 3 saturated heterocycles. The van der Waals surface area contributed by atoms with E-state index in [0.29, 0.717) is 32.1 Å². The first-order chi connectivity index (χ1) is 15.7. The average Bonchev–Trinajstić information content (AvgIpc) is 3.21. The summed E-state index contributed by atoms with van der Waals surface area (Å²) in [6.45, 7) is 4.60. The summed E-state index contributed by atoms with van der Waals surface area (Å²) < 4.78 is 15.5. The highest BCUT2D eigenvalue weighted by molar-refractivity contribution is 8.00. The van der Waals surface area contributed by atoms with Crippen LogP contribution in [0.5, 0.6) is 0 Å². The van der Waals surface area contributed by atoms with Crippen molar-refractivity contribution in [1.82, 2.24) is 19.9 Å². The molecule has 13 nitrogen and oxygen atoms in total. The Labute approximate surface area is 193 Å². The van der Waals surface area contributed by atoms with Crippen molar-refractivity contribution in [2.45, 2.75) is 25.3 Å². The van der Waals surface area contributed by atoms with Gasteiger partial charge in [-0.05, 0) is 6.92 Å². The Morgan fingerprint density at radius 3 is 2.67 bits per heavy atom. The number of nitrogens with zero attached hydrogens (tertiary/aromatic N) is 5. The van der Waals surface area contributed by atoms with Crippen LogP contribution in [-0.4, -0.2) is 112 Å². The van der Waals surface area contributed by atoms with Crippen molar-refractivity contribution in [1.29, 1.82) is 0 Å². The van der Waals surface area contributed by atoms with Crippen LogP contribution in [-0.2, 0) is 28.7 Å². The van der Waals surface area contributed by atoms with Crippen LogP contribution in [0.25, 0.3) is 0 Å². The highest BCUT2D eigenvalue weighted by atomic mass is 32.2. The van der Waals surface area contributed by atoms with Gasteiger partial charge in [-0.25, -0.2) is 4.90 Å². The van der Waals surface area contributed by atoms with E-state index in [0.717, 1.165) is 0 Å². The van der Waals surface area contributed by atoms with Gasteiger partial charge in [0.05, 0.1) is 19.8 Å². The number of fused-ring (bicyclic) bond motifs is 1. The number of morpholine rings is 1. The molecule has 1 N–H and O–H groups in total. The lowest BCUT2D eigenvalue weighted by Gasteiger charge is -2.55. The Bertz CT molecular complexity index is 950. The first-order valence-corrected chi connectivity index (χ1v) is 11.5. The highest BCUT2D eigenvalue weighted by Crippen LogP contribution is 2.45. The normalized spacial score (nSPS) is 27.5. The van der Waals surface area contributed by atoms with Gasteiger partial charge in [0.25, 0.3) is 0 Å². The predicted molar refractivity (Wildman–Crippen MR) is 112 cm³/mol. The number of aliphatic carboxylic acids is 1. The number of aryl methyl sites for hydroxylation is 1. The molecule has 0 radical (unpaired) electrons. The van der Waals surface area contributed by atoms with Gasteiger partial charge in [-0.3, -0.25) is 24.1 Å². The third-order valence-corrected chi connectivity index (χ3v) is 7.43. The molecule has 1 aromatic rings. The van der Waals surface area contributed by atoms with E-state index < -0.39 is 34.7 Å². The van der Waals surface area contributed by atoms with E-state index in [2.05, 4.69) is 10.1 Å². The molecule has 3 aliphatic rings. The van der Waals surface area contributed by atoms with Crippen LogP contribution in [0.15, 0.2) is 4.52 Å². The number of hydrogen-bond acceptors (Lipinski definition) is 11. The fourth-order valence-corrected chi connectivity index (χ4v) is 5.59. The SMILES string of the molecule is CC(=O)OCC1(C(=O)O)CS[C@@H]2C(N(C(=O)CN3CCOCC3)c3nc(C)no3)C(=O)N2C1. The lowest BCUT2D eigenvalue weighted by Crippen LogP contribution is -2.75. The molecule has 0 aromatic carbocycles. The topological polar surface area (TPSA) is 156 Å². The fourth-order valence-electron chi connectivity index (χ4n) is 4.02. The fraction of sp³-hybridized carbons (Fsp3) is 0.684. The zero-order valence-corrected chi connectivity index (χ0v) is 19.1. The zero-order chi connectivity index (χ0) is 23.8. The zero-order valence-electron chi connectivity index (χ0n) is 18.3. The Morgan fingerprint density at radius 1 is 1.33 bits per heavy atom. The summed E-state index contributed by atoms with van der Waals surface area (Å²) in [6, 6.07) is -0.969. The number of carbonyl (C=O) groups excluding carboxylic acids is 3. The van der Waals surface area contributed by atoms with Crippen molar-refractivity contribution in [3.8, 4) is 0 Å². The molecule has 2 amide bonds. The molecular formula is C19H25N5O8S. The van der Waals surface area contributed by atoms with Gasteiger partial charge in [0.2, 0.25) is 11.8 Å². The smallest absolute Gasteiger partial charge is 0.331 e. The molecule has 3 fully saturated rings. The van der Waals surface area contributed by atoms with Crippen molar-refractivity contribution in [2.24, 2.45) is 5.41 Å². The third kappa shape index (κ3) is 4.54. The Hall–Kier alpha value is -2.71. The number of thioether (sulfide) groups is 1. The largest absolute Gasteiger partial charge is 0.481 e. The van der Waals surface area contributed by atoms with Gasteiger partial charge in [-0.15, -0.1) is 11.8 Å². The number of esters is 1. The van der Waals surface area contributed by atoms with E-state index in [4.69, 9.17) is 14.0 Å². The molecular weight excluding hydrogens is 458 g/mol. The van der Waals surface area contributed by atoms with Crippen LogP contribution in [0.4, 0.5) is 6.01 Å². The molecule has 1 aromatic heterocycles. The van der Waals surface area contributed by atoms with Crippen molar-refractivity contribution < 1.29 is 38.3 Å². The summed E-state index contributed by atoms with van der Waals surface area (Å²) in [7, 11) is 0. The van der Waals surface area contributed by atoms with Gasteiger partial charge in [-0.2, -0.15) is 4.98 Å². The minimum atomic E-state index is -1.42. The summed E-state index contributed by atoms with van der Waals surface area (Å²) in [6.07, 6.45) is 0.